The number of carbonyl (C=O) groups excluding carboxylic acids is 1. The fourth-order valence-electron chi connectivity index (χ4n) is 1.94. The largest absolute Gasteiger partial charge is 0.493 e. The van der Waals surface area contributed by atoms with Gasteiger partial charge in [0.1, 0.15) is 17.4 Å². The molecule has 0 fully saturated rings. The van der Waals surface area contributed by atoms with Gasteiger partial charge >= 0.3 is 0 Å². The summed E-state index contributed by atoms with van der Waals surface area (Å²) in [6.45, 7) is 2.37. The number of ether oxygens (including phenoxy) is 1. The minimum atomic E-state index is -0.521. The summed E-state index contributed by atoms with van der Waals surface area (Å²) in [5, 5.41) is 12.3. The number of nitriles is 1. The monoisotopic (exact) mass is 326 g/mol. The summed E-state index contributed by atoms with van der Waals surface area (Å²) < 4.78 is 5.49. The third-order valence-electron chi connectivity index (χ3n) is 3.01. The molecule has 116 valence electrons. The Morgan fingerprint density at radius 3 is 2.65 bits per heavy atom. The third-order valence-corrected chi connectivity index (χ3v) is 3.34. The summed E-state index contributed by atoms with van der Waals surface area (Å²) in [7, 11) is 0. The van der Waals surface area contributed by atoms with E-state index < -0.39 is 5.91 Å². The van der Waals surface area contributed by atoms with Gasteiger partial charge in [0, 0.05) is 5.56 Å². The first kappa shape index (κ1) is 16.6. The summed E-state index contributed by atoms with van der Waals surface area (Å²) in [6.07, 6.45) is 1.50. The van der Waals surface area contributed by atoms with E-state index in [1.54, 1.807) is 36.4 Å². The minimum Gasteiger partial charge on any atom is -0.493 e. The van der Waals surface area contributed by atoms with Gasteiger partial charge in [-0.15, -0.1) is 0 Å². The molecule has 0 aliphatic rings. The molecule has 0 aliphatic carbocycles. The molecule has 0 unspecified atom stereocenters. The molecule has 0 saturated carbocycles. The maximum Gasteiger partial charge on any atom is 0.266 e. The molecule has 0 radical (unpaired) electrons. The van der Waals surface area contributed by atoms with E-state index in [1.165, 1.54) is 6.08 Å². The van der Waals surface area contributed by atoms with Gasteiger partial charge < -0.3 is 10.1 Å². The molecule has 4 nitrogen and oxygen atoms in total. The molecule has 0 aromatic heterocycles. The van der Waals surface area contributed by atoms with Crippen LogP contribution in [-0.4, -0.2) is 12.5 Å². The maximum atomic E-state index is 12.3. The average Bonchev–Trinajstić information content (AvgIpc) is 2.56. The highest BCUT2D eigenvalue weighted by Gasteiger charge is 2.12. The van der Waals surface area contributed by atoms with Crippen molar-refractivity contribution in [1.82, 2.24) is 0 Å². The lowest BCUT2D eigenvalue weighted by molar-refractivity contribution is -0.112. The molecule has 1 amide bonds. The topological polar surface area (TPSA) is 62.1 Å². The Bertz CT molecular complexity index is 779. The molecular weight excluding hydrogens is 312 g/mol. The van der Waals surface area contributed by atoms with Crippen LogP contribution < -0.4 is 10.1 Å². The van der Waals surface area contributed by atoms with Crippen molar-refractivity contribution in [1.29, 1.82) is 5.26 Å². The Morgan fingerprint density at radius 1 is 1.26 bits per heavy atom. The van der Waals surface area contributed by atoms with E-state index in [2.05, 4.69) is 5.32 Å². The zero-order valence-electron chi connectivity index (χ0n) is 12.5. The van der Waals surface area contributed by atoms with Gasteiger partial charge in [-0.1, -0.05) is 41.9 Å². The highest BCUT2D eigenvalue weighted by molar-refractivity contribution is 6.34. The molecule has 0 aliphatic heterocycles. The van der Waals surface area contributed by atoms with Gasteiger partial charge in [0.2, 0.25) is 0 Å². The van der Waals surface area contributed by atoms with Gasteiger partial charge in [-0.25, -0.2) is 0 Å². The number of hydrogen-bond donors (Lipinski definition) is 1. The predicted octanol–water partition coefficient (Wildman–Crippen LogP) is 4.28. The number of benzene rings is 2. The molecule has 5 heteroatoms. The van der Waals surface area contributed by atoms with E-state index >= 15 is 0 Å². The van der Waals surface area contributed by atoms with Crippen molar-refractivity contribution >= 4 is 29.3 Å². The van der Waals surface area contributed by atoms with Crippen LogP contribution in [0.25, 0.3) is 6.08 Å². The standard InChI is InChI=1S/C18H15ClN2O2/c1-2-23-17-10-6-3-7-13(17)11-14(12-20)18(22)21-16-9-5-4-8-15(16)19/h3-11H,2H2,1H3,(H,21,22)/b14-11+. The van der Waals surface area contributed by atoms with E-state index in [-0.39, 0.29) is 5.57 Å². The first-order valence-corrected chi connectivity index (χ1v) is 7.43. The SMILES string of the molecule is CCOc1ccccc1/C=C(\C#N)C(=O)Nc1ccccc1Cl. The summed E-state index contributed by atoms with van der Waals surface area (Å²) in [6, 6.07) is 16.0. The second kappa shape index (κ2) is 8.02. The van der Waals surface area contributed by atoms with Crippen LogP contribution in [0.1, 0.15) is 12.5 Å². The Morgan fingerprint density at radius 2 is 1.96 bits per heavy atom. The van der Waals surface area contributed by atoms with E-state index in [0.29, 0.717) is 28.6 Å². The number of anilines is 1. The van der Waals surface area contributed by atoms with Crippen molar-refractivity contribution in [3.63, 3.8) is 0 Å². The quantitative estimate of drug-likeness (QED) is 0.658. The Labute approximate surface area is 140 Å². The zero-order valence-corrected chi connectivity index (χ0v) is 13.3. The van der Waals surface area contributed by atoms with Gasteiger partial charge in [-0.3, -0.25) is 4.79 Å². The average molecular weight is 327 g/mol. The molecule has 1 N–H and O–H groups in total. The number of rotatable bonds is 5. The van der Waals surface area contributed by atoms with Crippen LogP contribution in [0.15, 0.2) is 54.1 Å². The summed E-state index contributed by atoms with van der Waals surface area (Å²) in [5.74, 6) is 0.0974. The Balaban J connectivity index is 2.27. The maximum absolute atomic E-state index is 12.3. The van der Waals surface area contributed by atoms with E-state index in [4.69, 9.17) is 16.3 Å². The second-order valence-corrected chi connectivity index (χ2v) is 4.98. The van der Waals surface area contributed by atoms with Crippen LogP contribution in [0.5, 0.6) is 5.75 Å². The molecular formula is C18H15ClN2O2. The van der Waals surface area contributed by atoms with E-state index in [1.807, 2.05) is 25.1 Å². The second-order valence-electron chi connectivity index (χ2n) is 4.57. The summed E-state index contributed by atoms with van der Waals surface area (Å²) in [4.78, 5) is 12.3. The lowest BCUT2D eigenvalue weighted by Gasteiger charge is -2.08. The van der Waals surface area contributed by atoms with Gasteiger partial charge in [-0.2, -0.15) is 5.26 Å². The third kappa shape index (κ3) is 4.35. The predicted molar refractivity (Wildman–Crippen MR) is 91.3 cm³/mol. The molecule has 0 heterocycles. The van der Waals surface area contributed by atoms with Crippen LogP contribution in [0.3, 0.4) is 0 Å². The first-order valence-electron chi connectivity index (χ1n) is 7.05. The highest BCUT2D eigenvalue weighted by atomic mass is 35.5. The summed E-state index contributed by atoms with van der Waals surface area (Å²) in [5.41, 5.74) is 1.09. The van der Waals surface area contributed by atoms with Crippen LogP contribution in [0.2, 0.25) is 5.02 Å². The molecule has 0 atom stereocenters. The number of halogens is 1. The first-order chi connectivity index (χ1) is 11.2. The van der Waals surface area contributed by atoms with Crippen molar-refractivity contribution in [2.75, 3.05) is 11.9 Å². The zero-order chi connectivity index (χ0) is 16.7. The van der Waals surface area contributed by atoms with Crippen molar-refractivity contribution < 1.29 is 9.53 Å². The van der Waals surface area contributed by atoms with Crippen molar-refractivity contribution in [3.8, 4) is 11.8 Å². The smallest absolute Gasteiger partial charge is 0.266 e. The van der Waals surface area contributed by atoms with Gasteiger partial charge in [0.15, 0.2) is 0 Å². The number of nitrogens with one attached hydrogen (secondary N) is 1. The Kier molecular flexibility index (Phi) is 5.79. The minimum absolute atomic E-state index is 0.0305. The molecule has 0 bridgehead atoms. The van der Waals surface area contributed by atoms with Crippen LogP contribution in [0, 0.1) is 11.3 Å². The normalized spacial score (nSPS) is 10.7. The number of amides is 1. The van der Waals surface area contributed by atoms with Gasteiger partial charge in [0.05, 0.1) is 17.3 Å². The van der Waals surface area contributed by atoms with Gasteiger partial charge in [0.25, 0.3) is 5.91 Å². The molecule has 2 aromatic carbocycles. The number of nitrogens with zero attached hydrogens (tertiary/aromatic N) is 1. The van der Waals surface area contributed by atoms with Gasteiger partial charge in [-0.05, 0) is 31.2 Å². The van der Waals surface area contributed by atoms with E-state index in [0.717, 1.165) is 0 Å². The molecule has 2 aromatic rings. The van der Waals surface area contributed by atoms with Crippen LogP contribution in [0.4, 0.5) is 5.69 Å². The lowest BCUT2D eigenvalue weighted by Crippen LogP contribution is -2.13. The van der Waals surface area contributed by atoms with Crippen molar-refractivity contribution in [2.45, 2.75) is 6.92 Å². The molecule has 0 spiro atoms. The lowest BCUT2D eigenvalue weighted by atomic mass is 10.1. The fourth-order valence-corrected chi connectivity index (χ4v) is 2.13. The number of carbonyl (C=O) groups is 1. The molecule has 23 heavy (non-hydrogen) atoms. The molecule has 2 rings (SSSR count). The van der Waals surface area contributed by atoms with Crippen molar-refractivity contribution in [3.05, 3.63) is 64.7 Å². The number of hydrogen-bond acceptors (Lipinski definition) is 3. The van der Waals surface area contributed by atoms with Crippen LogP contribution >= 0.6 is 11.6 Å². The van der Waals surface area contributed by atoms with Crippen molar-refractivity contribution in [2.24, 2.45) is 0 Å². The summed E-state index contributed by atoms with van der Waals surface area (Å²) >= 11 is 6.01. The highest BCUT2D eigenvalue weighted by Crippen LogP contribution is 2.23. The molecule has 0 saturated heterocycles. The van der Waals surface area contributed by atoms with Crippen LogP contribution in [-0.2, 0) is 4.79 Å². The number of para-hydroxylation sites is 2. The van der Waals surface area contributed by atoms with E-state index in [9.17, 15) is 10.1 Å². The Hall–Kier alpha value is -2.77. The fraction of sp³-hybridized carbons (Fsp3) is 0.111.